The number of thiazole rings is 1. The van der Waals surface area contributed by atoms with E-state index >= 15 is 0 Å². The predicted molar refractivity (Wildman–Crippen MR) is 159 cm³/mol. The summed E-state index contributed by atoms with van der Waals surface area (Å²) in [7, 11) is 0. The van der Waals surface area contributed by atoms with E-state index in [1.807, 2.05) is 6.07 Å². The van der Waals surface area contributed by atoms with Gasteiger partial charge in [0, 0.05) is 40.3 Å². The lowest BCUT2D eigenvalue weighted by atomic mass is 9.99. The van der Waals surface area contributed by atoms with Gasteiger partial charge >= 0.3 is 5.97 Å². The number of nitrogens with zero attached hydrogens (tertiary/aromatic N) is 2. The molecule has 1 fully saturated rings. The van der Waals surface area contributed by atoms with Crippen molar-refractivity contribution in [1.29, 1.82) is 5.41 Å². The monoisotopic (exact) mass is 606 g/mol. The first-order valence-electron chi connectivity index (χ1n) is 12.2. The minimum Gasteiger partial charge on any atom is -0.477 e. The summed E-state index contributed by atoms with van der Waals surface area (Å²) in [6, 6.07) is 8.67. The van der Waals surface area contributed by atoms with E-state index in [1.54, 1.807) is 49.9 Å². The number of hydrogen-bond acceptors (Lipinski definition) is 9. The van der Waals surface area contributed by atoms with E-state index in [9.17, 15) is 9.90 Å². The summed E-state index contributed by atoms with van der Waals surface area (Å²) < 4.78 is 12.3. The number of allylic oxidation sites excluding steroid dienone is 1. The highest BCUT2D eigenvalue weighted by Crippen LogP contribution is 2.42. The summed E-state index contributed by atoms with van der Waals surface area (Å²) in [6.45, 7) is 8.57. The highest BCUT2D eigenvalue weighted by molar-refractivity contribution is 8.01. The Kier molecular flexibility index (Phi) is 9.56. The van der Waals surface area contributed by atoms with Gasteiger partial charge in [0.15, 0.2) is 5.13 Å². The smallest absolute Gasteiger partial charge is 0.353 e. The van der Waals surface area contributed by atoms with Gasteiger partial charge in [-0.1, -0.05) is 54.5 Å². The minimum absolute atomic E-state index is 0.0682. The molecule has 0 saturated carbocycles. The molecular formula is C27H28Cl2N4O4S2. The fourth-order valence-electron chi connectivity index (χ4n) is 3.98. The van der Waals surface area contributed by atoms with Gasteiger partial charge in [-0.25, -0.2) is 14.8 Å². The topological polar surface area (TPSA) is 117 Å². The second-order valence-electron chi connectivity index (χ2n) is 9.19. The SMILES string of the molecule is CC(=N)/C(=C(\Nc1nc(-c2ccc(Cl)c(Cl)c2)c(SC(C)C)s1)C(=O)O)c1cc(C)nc(O[C@H]2CCOC2)c1. The summed E-state index contributed by atoms with van der Waals surface area (Å²) in [5.74, 6) is -0.863. The minimum atomic E-state index is -1.22. The van der Waals surface area contributed by atoms with Crippen molar-refractivity contribution in [2.24, 2.45) is 0 Å². The number of aromatic nitrogens is 2. The Hall–Kier alpha value is -2.63. The first-order chi connectivity index (χ1) is 18.5. The standard InChI is InChI=1S/C27H28Cl2N4O4S2/c1-13(2)38-26-23(16-5-6-19(28)20(29)10-16)32-27(39-26)33-24(25(34)35)22(15(4)30)17-9-14(3)31-21(11-17)37-18-7-8-36-12-18/h5-6,9-11,13,18,30H,7-8,12H2,1-4H3,(H,32,33)(H,34,35)/b24-22+,30-15?/t18-/m0/s1. The van der Waals surface area contributed by atoms with Crippen molar-refractivity contribution >= 4 is 68.7 Å². The summed E-state index contributed by atoms with van der Waals surface area (Å²) in [5.41, 5.74) is 2.70. The van der Waals surface area contributed by atoms with Crippen LogP contribution in [0.25, 0.3) is 16.8 Å². The Labute approximate surface area is 245 Å². The molecule has 2 aromatic heterocycles. The molecular weight excluding hydrogens is 579 g/mol. The van der Waals surface area contributed by atoms with Crippen LogP contribution in [0.2, 0.25) is 10.0 Å². The zero-order chi connectivity index (χ0) is 28.3. The molecule has 8 nitrogen and oxygen atoms in total. The first-order valence-corrected chi connectivity index (χ1v) is 14.6. The van der Waals surface area contributed by atoms with Gasteiger partial charge in [0.25, 0.3) is 0 Å². The van der Waals surface area contributed by atoms with Crippen LogP contribution in [0, 0.1) is 12.3 Å². The van der Waals surface area contributed by atoms with Gasteiger partial charge in [0.2, 0.25) is 5.88 Å². The first kappa shape index (κ1) is 29.4. The van der Waals surface area contributed by atoms with E-state index in [4.69, 9.17) is 43.1 Å². The molecule has 0 aliphatic carbocycles. The van der Waals surface area contributed by atoms with Crippen molar-refractivity contribution < 1.29 is 19.4 Å². The second-order valence-corrected chi connectivity index (χ2v) is 12.9. The maximum absolute atomic E-state index is 12.6. The summed E-state index contributed by atoms with van der Waals surface area (Å²) >= 11 is 15.3. The molecule has 39 heavy (non-hydrogen) atoms. The molecule has 0 radical (unpaired) electrons. The van der Waals surface area contributed by atoms with Gasteiger partial charge in [-0.2, -0.15) is 0 Å². The molecule has 3 N–H and O–H groups in total. The van der Waals surface area contributed by atoms with E-state index in [-0.39, 0.29) is 28.3 Å². The van der Waals surface area contributed by atoms with E-state index in [1.165, 1.54) is 11.3 Å². The van der Waals surface area contributed by atoms with Crippen molar-refractivity contribution in [3.63, 3.8) is 0 Å². The van der Waals surface area contributed by atoms with Gasteiger partial charge in [-0.3, -0.25) is 0 Å². The van der Waals surface area contributed by atoms with E-state index in [0.29, 0.717) is 51.2 Å². The Morgan fingerprint density at radius 1 is 1.26 bits per heavy atom. The number of carbonyl (C=O) groups is 1. The number of pyridine rings is 1. The van der Waals surface area contributed by atoms with Crippen molar-refractivity contribution in [3.05, 3.63) is 57.3 Å². The molecule has 3 heterocycles. The van der Waals surface area contributed by atoms with Crippen LogP contribution in [0.5, 0.6) is 5.88 Å². The van der Waals surface area contributed by atoms with Gasteiger partial charge in [0.1, 0.15) is 11.8 Å². The lowest BCUT2D eigenvalue weighted by Gasteiger charge is -2.16. The highest BCUT2D eigenvalue weighted by Gasteiger charge is 2.24. The molecule has 1 aromatic carbocycles. The fraction of sp³-hybridized carbons (Fsp3) is 0.333. The molecule has 12 heteroatoms. The molecule has 0 bridgehead atoms. The molecule has 1 saturated heterocycles. The average molecular weight is 608 g/mol. The third kappa shape index (κ3) is 7.32. The maximum atomic E-state index is 12.6. The number of thioether (sulfide) groups is 1. The number of benzene rings is 1. The van der Waals surface area contributed by atoms with E-state index in [2.05, 4.69) is 24.1 Å². The number of aryl methyl sites for hydroxylation is 1. The van der Waals surface area contributed by atoms with Crippen LogP contribution in [-0.4, -0.2) is 51.3 Å². The van der Waals surface area contributed by atoms with Crippen LogP contribution >= 0.6 is 46.3 Å². The van der Waals surface area contributed by atoms with Crippen LogP contribution in [0.1, 0.15) is 38.4 Å². The van der Waals surface area contributed by atoms with Crippen molar-refractivity contribution in [2.75, 3.05) is 18.5 Å². The lowest BCUT2D eigenvalue weighted by molar-refractivity contribution is -0.132. The number of halogens is 2. The molecule has 4 rings (SSSR count). The number of ether oxygens (including phenoxy) is 2. The van der Waals surface area contributed by atoms with Crippen LogP contribution in [0.15, 0.2) is 40.2 Å². The predicted octanol–water partition coefficient (Wildman–Crippen LogP) is 7.44. The molecule has 3 aromatic rings. The van der Waals surface area contributed by atoms with Crippen LogP contribution in [-0.2, 0) is 9.53 Å². The fourth-order valence-corrected chi connectivity index (χ4v) is 6.71. The van der Waals surface area contributed by atoms with E-state index < -0.39 is 5.97 Å². The lowest BCUT2D eigenvalue weighted by Crippen LogP contribution is -2.18. The van der Waals surface area contributed by atoms with Gasteiger partial charge in [-0.05, 0) is 37.6 Å². The Balaban J connectivity index is 1.77. The van der Waals surface area contributed by atoms with Gasteiger partial charge in [-0.15, -0.1) is 11.8 Å². The second kappa shape index (κ2) is 12.7. The molecule has 0 amide bonds. The number of rotatable bonds is 10. The maximum Gasteiger partial charge on any atom is 0.353 e. The molecule has 0 unspecified atom stereocenters. The molecule has 1 atom stereocenters. The van der Waals surface area contributed by atoms with Crippen LogP contribution in [0.3, 0.4) is 0 Å². The molecule has 206 valence electrons. The molecule has 1 aliphatic rings. The zero-order valence-corrected chi connectivity index (χ0v) is 24.9. The van der Waals surface area contributed by atoms with Crippen molar-refractivity contribution in [1.82, 2.24) is 9.97 Å². The van der Waals surface area contributed by atoms with Gasteiger partial charge in [0.05, 0.1) is 33.2 Å². The number of aliphatic carboxylic acids is 1. The number of anilines is 1. The Morgan fingerprint density at radius 2 is 2.03 bits per heavy atom. The van der Waals surface area contributed by atoms with E-state index in [0.717, 1.165) is 16.2 Å². The summed E-state index contributed by atoms with van der Waals surface area (Å²) in [4.78, 5) is 21.7. The zero-order valence-electron chi connectivity index (χ0n) is 21.8. The summed E-state index contributed by atoms with van der Waals surface area (Å²) in [5, 5.41) is 23.2. The summed E-state index contributed by atoms with van der Waals surface area (Å²) in [6.07, 6.45) is 0.630. The van der Waals surface area contributed by atoms with Gasteiger partial charge < -0.3 is 25.3 Å². The normalized spacial score (nSPS) is 15.8. The van der Waals surface area contributed by atoms with Crippen molar-refractivity contribution in [3.8, 4) is 17.1 Å². The van der Waals surface area contributed by atoms with Crippen molar-refractivity contribution in [2.45, 2.75) is 49.7 Å². The molecule has 0 spiro atoms. The number of nitrogens with one attached hydrogen (secondary N) is 2. The quantitative estimate of drug-likeness (QED) is 0.124. The van der Waals surface area contributed by atoms with Crippen LogP contribution < -0.4 is 10.1 Å². The van der Waals surface area contributed by atoms with Crippen LogP contribution in [0.4, 0.5) is 5.13 Å². The average Bonchev–Trinajstić information content (AvgIpc) is 3.49. The number of hydrogen-bond donors (Lipinski definition) is 3. The molecule has 1 aliphatic heterocycles. The number of carboxylic acids is 1. The Bertz CT molecular complexity index is 1440. The largest absolute Gasteiger partial charge is 0.477 e. The third-order valence-electron chi connectivity index (χ3n) is 5.60. The highest BCUT2D eigenvalue weighted by atomic mass is 35.5. The third-order valence-corrected chi connectivity index (χ3v) is 8.52. The number of carboxylic acid groups (broad SMARTS) is 1. The Morgan fingerprint density at radius 3 is 2.64 bits per heavy atom.